The van der Waals surface area contributed by atoms with E-state index < -0.39 is 47.9 Å². The molecule has 3 aromatic heterocycles. The first-order chi connectivity index (χ1) is 17.0. The lowest BCUT2D eigenvalue weighted by Crippen LogP contribution is -2.31. The van der Waals surface area contributed by atoms with Gasteiger partial charge < -0.3 is 14.6 Å². The van der Waals surface area contributed by atoms with Crippen LogP contribution in [0.5, 0.6) is 17.5 Å². The summed E-state index contributed by atoms with van der Waals surface area (Å²) in [5.74, 6) is -2.57. The van der Waals surface area contributed by atoms with Gasteiger partial charge in [-0.3, -0.25) is 4.57 Å². The van der Waals surface area contributed by atoms with Crippen LogP contribution in [-0.2, 0) is 13.2 Å². The highest BCUT2D eigenvalue weighted by atomic mass is 35.5. The second kappa shape index (κ2) is 9.70. The Morgan fingerprint density at radius 2 is 2.00 bits per heavy atom. The van der Waals surface area contributed by atoms with E-state index in [0.29, 0.717) is 0 Å². The van der Waals surface area contributed by atoms with Gasteiger partial charge in [0.25, 0.3) is 5.88 Å². The molecule has 0 saturated heterocycles. The number of aromatic nitrogens is 6. The van der Waals surface area contributed by atoms with Crippen LogP contribution in [0.25, 0.3) is 16.6 Å². The van der Waals surface area contributed by atoms with Gasteiger partial charge in [0.05, 0.1) is 11.2 Å². The third-order valence-corrected chi connectivity index (χ3v) is 5.34. The van der Waals surface area contributed by atoms with E-state index in [4.69, 9.17) is 21.1 Å². The number of alkyl halides is 3. The van der Waals surface area contributed by atoms with Crippen molar-refractivity contribution in [3.05, 3.63) is 57.6 Å². The van der Waals surface area contributed by atoms with Gasteiger partial charge in [0.2, 0.25) is 5.88 Å². The molecule has 10 nitrogen and oxygen atoms in total. The molecule has 0 bridgehead atoms. The number of para-hydroxylation sites is 1. The lowest BCUT2D eigenvalue weighted by molar-refractivity contribution is -0.189. The quantitative estimate of drug-likeness (QED) is 0.360. The fourth-order valence-electron chi connectivity index (χ4n) is 3.23. The maximum absolute atomic E-state index is 14.3. The number of halogens is 5. The van der Waals surface area contributed by atoms with Crippen LogP contribution in [0.4, 0.5) is 17.6 Å². The Bertz CT molecular complexity index is 1470. The van der Waals surface area contributed by atoms with Crippen LogP contribution < -0.4 is 15.2 Å². The molecule has 0 aliphatic carbocycles. The molecule has 36 heavy (non-hydrogen) atoms. The highest BCUT2D eigenvalue weighted by Crippen LogP contribution is 2.38. The number of pyridine rings is 1. The van der Waals surface area contributed by atoms with Gasteiger partial charge in [0, 0.05) is 11.9 Å². The first-order valence-electron chi connectivity index (χ1n) is 10.4. The molecule has 4 rings (SSSR count). The van der Waals surface area contributed by atoms with Gasteiger partial charge in [-0.15, -0.1) is 10.2 Å². The van der Waals surface area contributed by atoms with E-state index in [1.807, 2.05) is 0 Å². The fraction of sp³-hybridized carbons (Fsp3) is 0.286. The zero-order valence-electron chi connectivity index (χ0n) is 18.6. The summed E-state index contributed by atoms with van der Waals surface area (Å²) in [6.07, 6.45) is -5.94. The first-order valence-corrected chi connectivity index (χ1v) is 10.7. The van der Waals surface area contributed by atoms with Crippen molar-refractivity contribution in [1.29, 1.82) is 0 Å². The molecule has 0 saturated carbocycles. The summed E-state index contributed by atoms with van der Waals surface area (Å²) in [6.45, 7) is 2.01. The van der Waals surface area contributed by atoms with Gasteiger partial charge in [-0.2, -0.15) is 27.9 Å². The van der Waals surface area contributed by atoms with Gasteiger partial charge in [-0.1, -0.05) is 17.7 Å². The van der Waals surface area contributed by atoms with Crippen LogP contribution in [-0.4, -0.2) is 46.9 Å². The first kappa shape index (κ1) is 25.3. The Morgan fingerprint density at radius 1 is 1.25 bits per heavy atom. The normalized spacial score (nSPS) is 12.7. The molecule has 1 atom stereocenters. The second-order valence-corrected chi connectivity index (χ2v) is 7.77. The van der Waals surface area contributed by atoms with Crippen molar-refractivity contribution in [3.8, 4) is 23.3 Å². The molecule has 0 fully saturated rings. The van der Waals surface area contributed by atoms with Gasteiger partial charge in [0.15, 0.2) is 29.3 Å². The minimum atomic E-state index is -4.77. The number of nitrogens with zero attached hydrogens (tertiary/aromatic N) is 6. The number of hydrogen-bond donors (Lipinski definition) is 1. The van der Waals surface area contributed by atoms with Gasteiger partial charge in [0.1, 0.15) is 12.0 Å². The summed E-state index contributed by atoms with van der Waals surface area (Å²) in [5, 5.41) is 20.8. The smallest absolute Gasteiger partial charge is 0.425 e. The predicted molar refractivity (Wildman–Crippen MR) is 118 cm³/mol. The van der Waals surface area contributed by atoms with Gasteiger partial charge >= 0.3 is 11.9 Å². The van der Waals surface area contributed by atoms with E-state index in [1.165, 1.54) is 18.2 Å². The number of rotatable bonds is 7. The summed E-state index contributed by atoms with van der Waals surface area (Å²) < 4.78 is 66.9. The van der Waals surface area contributed by atoms with E-state index in [1.54, 1.807) is 6.92 Å². The molecule has 15 heteroatoms. The molecule has 0 radical (unpaired) electrons. The van der Waals surface area contributed by atoms with Crippen molar-refractivity contribution < 1.29 is 32.1 Å². The van der Waals surface area contributed by atoms with E-state index in [9.17, 15) is 27.5 Å². The van der Waals surface area contributed by atoms with E-state index >= 15 is 0 Å². The molecule has 190 valence electrons. The summed E-state index contributed by atoms with van der Waals surface area (Å²) in [6, 6.07) is 5.02. The number of aliphatic hydroxyl groups is 1. The third-order valence-electron chi connectivity index (χ3n) is 5.04. The number of hydrogen-bond acceptors (Lipinski definition) is 8. The number of ether oxygens (including phenoxy) is 2. The molecule has 0 aliphatic heterocycles. The van der Waals surface area contributed by atoms with E-state index in [-0.39, 0.29) is 34.0 Å². The van der Waals surface area contributed by atoms with Crippen LogP contribution in [0.1, 0.15) is 19.7 Å². The second-order valence-electron chi connectivity index (χ2n) is 7.37. The summed E-state index contributed by atoms with van der Waals surface area (Å²) in [5.41, 5.74) is -0.695. The number of aliphatic hydroxyl groups excluding tert-OH is 1. The molecule has 1 unspecified atom stereocenters. The minimum absolute atomic E-state index is 0.0154. The Balaban J connectivity index is 1.95. The van der Waals surface area contributed by atoms with Crippen LogP contribution >= 0.6 is 11.6 Å². The maximum atomic E-state index is 14.3. The topological polar surface area (TPSA) is 117 Å². The van der Waals surface area contributed by atoms with Crippen molar-refractivity contribution in [2.75, 3.05) is 0 Å². The van der Waals surface area contributed by atoms with Crippen molar-refractivity contribution in [3.63, 3.8) is 0 Å². The largest absolute Gasteiger partial charge is 0.464 e. The Labute approximate surface area is 204 Å². The monoisotopic (exact) mass is 528 g/mol. The van der Waals surface area contributed by atoms with Crippen LogP contribution in [0.2, 0.25) is 5.02 Å². The Morgan fingerprint density at radius 3 is 2.61 bits per heavy atom. The molecule has 4 aromatic rings. The lowest BCUT2D eigenvalue weighted by Gasteiger charge is -2.19. The van der Waals surface area contributed by atoms with Crippen molar-refractivity contribution in [1.82, 2.24) is 29.5 Å². The molecule has 1 aromatic carbocycles. The molecular weight excluding hydrogens is 512 g/mol. The van der Waals surface area contributed by atoms with Crippen molar-refractivity contribution in [2.24, 2.45) is 0 Å². The molecular formula is C21H17ClF4N6O4. The zero-order chi connectivity index (χ0) is 26.2. The predicted octanol–water partition coefficient (Wildman–Crippen LogP) is 3.80. The third kappa shape index (κ3) is 4.68. The zero-order valence-corrected chi connectivity index (χ0v) is 19.4. The van der Waals surface area contributed by atoms with Crippen LogP contribution in [0, 0.1) is 5.82 Å². The fourth-order valence-corrected chi connectivity index (χ4v) is 3.44. The van der Waals surface area contributed by atoms with Gasteiger partial charge in [-0.25, -0.2) is 9.18 Å². The molecule has 0 aliphatic rings. The average Bonchev–Trinajstić information content (AvgIpc) is 3.16. The average molecular weight is 529 g/mol. The number of benzene rings is 1. The van der Waals surface area contributed by atoms with E-state index in [2.05, 4.69) is 20.3 Å². The lowest BCUT2D eigenvalue weighted by atomic mass is 10.2. The highest BCUT2D eigenvalue weighted by Gasteiger charge is 2.39. The molecule has 1 N–H and O–H groups in total. The van der Waals surface area contributed by atoms with Gasteiger partial charge in [-0.05, 0) is 32.0 Å². The summed E-state index contributed by atoms with van der Waals surface area (Å²) in [4.78, 5) is 16.8. The van der Waals surface area contributed by atoms with Crippen LogP contribution in [0.15, 0.2) is 35.3 Å². The standard InChI is InChI=1S/C21H17ClF4N6O4/c1-3-31-15(9-33)30-32(20(31)34)14-7-11-8-27-29-19(36-17-12(22)5-4-6-13(17)23)16(11)18(28-14)35-10(2)21(24,25)26/h4-8,10,33H,3,9H2,1-2H3. The van der Waals surface area contributed by atoms with E-state index in [0.717, 1.165) is 28.4 Å². The molecule has 3 heterocycles. The van der Waals surface area contributed by atoms with Crippen LogP contribution in [0.3, 0.4) is 0 Å². The summed E-state index contributed by atoms with van der Waals surface area (Å²) >= 11 is 6.00. The SMILES string of the molecule is CCn1c(CO)nn(-c2cc3cnnc(Oc4c(F)cccc4Cl)c3c(OC(C)C(F)(F)F)n2)c1=O. The Kier molecular flexibility index (Phi) is 6.82. The van der Waals surface area contributed by atoms with Crippen molar-refractivity contribution in [2.45, 2.75) is 39.3 Å². The molecule has 0 amide bonds. The van der Waals surface area contributed by atoms with Crippen molar-refractivity contribution >= 4 is 22.4 Å². The summed E-state index contributed by atoms with van der Waals surface area (Å²) in [7, 11) is 0. The number of fused-ring (bicyclic) bond motifs is 1. The highest BCUT2D eigenvalue weighted by molar-refractivity contribution is 6.32. The molecule has 0 spiro atoms. The minimum Gasteiger partial charge on any atom is -0.464 e. The maximum Gasteiger partial charge on any atom is 0.425 e. The Hall–Kier alpha value is -3.78.